The third-order valence-corrected chi connectivity index (χ3v) is 3.34. The number of nitrogens with zero attached hydrogens (tertiary/aromatic N) is 1. The van der Waals surface area contributed by atoms with Gasteiger partial charge >= 0.3 is 0 Å². The molecule has 0 aliphatic carbocycles. The number of carbonyl (C=O) groups is 1. The summed E-state index contributed by atoms with van der Waals surface area (Å²) in [6, 6.07) is 0. The van der Waals surface area contributed by atoms with Crippen LogP contribution in [-0.4, -0.2) is 40.1 Å². The third-order valence-electron chi connectivity index (χ3n) is 2.83. The van der Waals surface area contributed by atoms with E-state index in [1.807, 2.05) is 0 Å². The predicted molar refractivity (Wildman–Crippen MR) is 62.4 cm³/mol. The zero-order valence-electron chi connectivity index (χ0n) is 9.19. The number of hydrogen-bond acceptors (Lipinski definition) is 3. The highest BCUT2D eigenvalue weighted by atomic mass is 32.1. The lowest BCUT2D eigenvalue weighted by atomic mass is 9.90. The largest absolute Gasteiger partial charge is 0.392 e. The molecule has 1 atom stereocenters. The number of likely N-dealkylation sites (tertiary alicyclic amines) is 1. The molecule has 0 aromatic rings. The molecule has 1 amide bonds. The summed E-state index contributed by atoms with van der Waals surface area (Å²) in [5.74, 6) is -0.0891. The molecule has 0 aromatic carbocycles. The SMILES string of the molecule is CC(C)(C(=O)N1CCCC(O)C1)C(N)=S. The molecular weight excluding hydrogens is 212 g/mol. The van der Waals surface area contributed by atoms with Gasteiger partial charge in [0.25, 0.3) is 0 Å². The number of β-amino-alcohol motifs (C(OH)–C–C–N with tert-alkyl or cyclic N) is 1. The van der Waals surface area contributed by atoms with E-state index in [1.54, 1.807) is 18.7 Å². The number of piperidine rings is 1. The maximum atomic E-state index is 12.1. The maximum Gasteiger partial charge on any atom is 0.235 e. The van der Waals surface area contributed by atoms with Gasteiger partial charge in [0.2, 0.25) is 5.91 Å². The highest BCUT2D eigenvalue weighted by Crippen LogP contribution is 2.22. The van der Waals surface area contributed by atoms with Crippen LogP contribution in [0.1, 0.15) is 26.7 Å². The Morgan fingerprint density at radius 1 is 1.60 bits per heavy atom. The zero-order valence-corrected chi connectivity index (χ0v) is 10.0. The molecule has 1 fully saturated rings. The summed E-state index contributed by atoms with van der Waals surface area (Å²) < 4.78 is 0. The second-order valence-electron chi connectivity index (χ2n) is 4.54. The molecule has 0 spiro atoms. The monoisotopic (exact) mass is 230 g/mol. The van der Waals surface area contributed by atoms with Crippen molar-refractivity contribution < 1.29 is 9.90 Å². The van der Waals surface area contributed by atoms with Crippen LogP contribution in [0.5, 0.6) is 0 Å². The van der Waals surface area contributed by atoms with E-state index in [1.165, 1.54) is 0 Å². The van der Waals surface area contributed by atoms with Crippen LogP contribution in [0.4, 0.5) is 0 Å². The van der Waals surface area contributed by atoms with E-state index in [0.29, 0.717) is 13.1 Å². The van der Waals surface area contributed by atoms with E-state index >= 15 is 0 Å². The minimum Gasteiger partial charge on any atom is -0.392 e. The summed E-state index contributed by atoms with van der Waals surface area (Å²) >= 11 is 4.87. The van der Waals surface area contributed by atoms with E-state index in [-0.39, 0.29) is 10.9 Å². The number of nitrogens with two attached hydrogens (primary N) is 1. The van der Waals surface area contributed by atoms with Gasteiger partial charge in [-0.25, -0.2) is 0 Å². The first-order chi connectivity index (χ1) is 6.85. The van der Waals surface area contributed by atoms with E-state index < -0.39 is 11.5 Å². The van der Waals surface area contributed by atoms with Crippen molar-refractivity contribution in [2.75, 3.05) is 13.1 Å². The quantitative estimate of drug-likeness (QED) is 0.669. The average Bonchev–Trinajstić information content (AvgIpc) is 2.16. The van der Waals surface area contributed by atoms with Gasteiger partial charge < -0.3 is 15.7 Å². The summed E-state index contributed by atoms with van der Waals surface area (Å²) in [5.41, 5.74) is 4.72. The number of rotatable bonds is 2. The van der Waals surface area contributed by atoms with Gasteiger partial charge in [0.05, 0.1) is 16.5 Å². The Hall–Kier alpha value is -0.680. The number of amides is 1. The predicted octanol–water partition coefficient (Wildman–Crippen LogP) is 0.282. The normalized spacial score (nSPS) is 22.6. The van der Waals surface area contributed by atoms with Gasteiger partial charge in [-0.1, -0.05) is 12.2 Å². The van der Waals surface area contributed by atoms with Crippen molar-refractivity contribution in [1.82, 2.24) is 4.90 Å². The molecule has 1 saturated heterocycles. The van der Waals surface area contributed by atoms with E-state index in [2.05, 4.69) is 0 Å². The molecule has 0 bridgehead atoms. The Balaban J connectivity index is 2.71. The van der Waals surface area contributed by atoms with Crippen LogP contribution in [0, 0.1) is 5.41 Å². The van der Waals surface area contributed by atoms with Crippen molar-refractivity contribution in [3.63, 3.8) is 0 Å². The molecule has 1 rings (SSSR count). The Morgan fingerprint density at radius 2 is 2.20 bits per heavy atom. The Kier molecular flexibility index (Phi) is 3.67. The molecule has 0 saturated carbocycles. The van der Waals surface area contributed by atoms with E-state index in [4.69, 9.17) is 18.0 Å². The van der Waals surface area contributed by atoms with Gasteiger partial charge in [0.15, 0.2) is 0 Å². The summed E-state index contributed by atoms with van der Waals surface area (Å²) in [4.78, 5) is 13.9. The van der Waals surface area contributed by atoms with Gasteiger partial charge in [0, 0.05) is 13.1 Å². The fourth-order valence-electron chi connectivity index (χ4n) is 1.64. The van der Waals surface area contributed by atoms with Crippen molar-refractivity contribution in [1.29, 1.82) is 0 Å². The standard InChI is InChI=1S/C10H18N2O2S/c1-10(2,8(11)15)9(14)12-5-3-4-7(13)6-12/h7,13H,3-6H2,1-2H3,(H2,11,15). The maximum absolute atomic E-state index is 12.1. The van der Waals surface area contributed by atoms with Gasteiger partial charge in [-0.2, -0.15) is 0 Å². The van der Waals surface area contributed by atoms with Crippen molar-refractivity contribution in [3.05, 3.63) is 0 Å². The van der Waals surface area contributed by atoms with Crippen molar-refractivity contribution in [2.24, 2.45) is 11.1 Å². The van der Waals surface area contributed by atoms with Crippen molar-refractivity contribution in [3.8, 4) is 0 Å². The average molecular weight is 230 g/mol. The van der Waals surface area contributed by atoms with Crippen molar-refractivity contribution in [2.45, 2.75) is 32.8 Å². The lowest BCUT2D eigenvalue weighted by Gasteiger charge is -2.35. The van der Waals surface area contributed by atoms with Crippen LogP contribution in [0.3, 0.4) is 0 Å². The van der Waals surface area contributed by atoms with Gasteiger partial charge in [-0.05, 0) is 26.7 Å². The Morgan fingerprint density at radius 3 is 2.67 bits per heavy atom. The minimum absolute atomic E-state index is 0.0891. The molecule has 4 nitrogen and oxygen atoms in total. The molecule has 86 valence electrons. The summed E-state index contributed by atoms with van der Waals surface area (Å²) in [6.45, 7) is 4.52. The Labute approximate surface area is 95.4 Å². The lowest BCUT2D eigenvalue weighted by Crippen LogP contribution is -2.51. The molecule has 1 aliphatic rings. The number of carbonyl (C=O) groups excluding carboxylic acids is 1. The molecule has 0 aromatic heterocycles. The van der Waals surface area contributed by atoms with Crippen LogP contribution in [-0.2, 0) is 4.79 Å². The number of thiocarbonyl (C=S) groups is 1. The first-order valence-corrected chi connectivity index (χ1v) is 5.54. The molecule has 1 heterocycles. The fourth-order valence-corrected chi connectivity index (χ4v) is 1.73. The highest BCUT2D eigenvalue weighted by Gasteiger charge is 2.36. The second-order valence-corrected chi connectivity index (χ2v) is 4.98. The van der Waals surface area contributed by atoms with Crippen LogP contribution < -0.4 is 5.73 Å². The number of aliphatic hydroxyl groups excluding tert-OH is 1. The van der Waals surface area contributed by atoms with E-state index in [0.717, 1.165) is 12.8 Å². The second kappa shape index (κ2) is 4.45. The molecule has 1 aliphatic heterocycles. The summed E-state index contributed by atoms with van der Waals surface area (Å²) in [7, 11) is 0. The van der Waals surface area contributed by atoms with Crippen LogP contribution in [0.15, 0.2) is 0 Å². The lowest BCUT2D eigenvalue weighted by molar-refractivity contribution is -0.140. The molecular formula is C10H18N2O2S. The van der Waals surface area contributed by atoms with E-state index in [9.17, 15) is 9.90 Å². The fraction of sp³-hybridized carbons (Fsp3) is 0.800. The van der Waals surface area contributed by atoms with Crippen LogP contribution >= 0.6 is 12.2 Å². The smallest absolute Gasteiger partial charge is 0.235 e. The van der Waals surface area contributed by atoms with Crippen LogP contribution in [0.25, 0.3) is 0 Å². The van der Waals surface area contributed by atoms with Crippen LogP contribution in [0.2, 0.25) is 0 Å². The zero-order chi connectivity index (χ0) is 11.6. The van der Waals surface area contributed by atoms with Gasteiger partial charge in [0.1, 0.15) is 0 Å². The highest BCUT2D eigenvalue weighted by molar-refractivity contribution is 7.80. The minimum atomic E-state index is -0.813. The molecule has 1 unspecified atom stereocenters. The molecule has 0 radical (unpaired) electrons. The topological polar surface area (TPSA) is 66.6 Å². The molecule has 5 heteroatoms. The summed E-state index contributed by atoms with van der Waals surface area (Å²) in [5, 5.41) is 9.47. The third kappa shape index (κ3) is 2.66. The number of hydrogen-bond donors (Lipinski definition) is 2. The molecule has 15 heavy (non-hydrogen) atoms. The summed E-state index contributed by atoms with van der Waals surface area (Å²) in [6.07, 6.45) is 1.18. The first kappa shape index (κ1) is 12.4. The molecule has 3 N–H and O–H groups in total. The van der Waals surface area contributed by atoms with Gasteiger partial charge in [-0.15, -0.1) is 0 Å². The first-order valence-electron chi connectivity index (χ1n) is 5.13. The van der Waals surface area contributed by atoms with Gasteiger partial charge in [-0.3, -0.25) is 4.79 Å². The Bertz CT molecular complexity index is 279. The van der Waals surface area contributed by atoms with Crippen molar-refractivity contribution >= 4 is 23.1 Å². The number of aliphatic hydroxyl groups is 1.